The van der Waals surface area contributed by atoms with E-state index in [1.165, 1.54) is 0 Å². The number of ketones is 1. The van der Waals surface area contributed by atoms with Crippen LogP contribution in [0.25, 0.3) is 0 Å². The van der Waals surface area contributed by atoms with Crippen LogP contribution >= 0.6 is 0 Å². The fourth-order valence-electron chi connectivity index (χ4n) is 8.41. The van der Waals surface area contributed by atoms with Crippen LogP contribution in [0.1, 0.15) is 79.6 Å². The average Bonchev–Trinajstić information content (AvgIpc) is 3.00. The van der Waals surface area contributed by atoms with Gasteiger partial charge in [0.05, 0.1) is 11.0 Å². The highest BCUT2D eigenvalue weighted by atomic mass is 16.6. The summed E-state index contributed by atoms with van der Waals surface area (Å²) in [4.78, 5) is 25.5. The third kappa shape index (κ3) is 2.63. The number of hydrogen-bond acceptors (Lipinski definition) is 6. The molecule has 1 heterocycles. The van der Waals surface area contributed by atoms with E-state index in [0.29, 0.717) is 37.7 Å². The molecule has 4 aliphatic carbocycles. The lowest BCUT2D eigenvalue weighted by Gasteiger charge is -2.63. The number of hydrogen-bond donors (Lipinski definition) is 3. The zero-order valence-corrected chi connectivity index (χ0v) is 21.0. The summed E-state index contributed by atoms with van der Waals surface area (Å²) in [5.41, 5.74) is -3.78. The van der Waals surface area contributed by atoms with Crippen LogP contribution in [-0.4, -0.2) is 50.0 Å². The number of carbonyl (C=O) groups excluding carboxylic acids is 2. The Kier molecular flexibility index (Phi) is 5.03. The highest BCUT2D eigenvalue weighted by Crippen LogP contribution is 2.70. The molecule has 6 nitrogen and oxygen atoms in total. The highest BCUT2D eigenvalue weighted by molar-refractivity contribution is 5.98. The number of fused-ring (bicyclic) bond motifs is 5. The van der Waals surface area contributed by atoms with Crippen LogP contribution in [0.4, 0.5) is 0 Å². The smallest absolute Gasteiger partial charge is 0.334 e. The SMILES string of the molecule is CC1=C(C)C(=O)O[C@H]([C@](C)(O)C2(O)CC[C@@]3(O)[C@@H]4CC=C5CC=CC(=O)[C@]5(C)C4CC[C@]23C)C1. The average molecular weight is 471 g/mol. The molecule has 0 bridgehead atoms. The lowest BCUT2D eigenvalue weighted by atomic mass is 9.44. The van der Waals surface area contributed by atoms with Crippen molar-refractivity contribution in [3.05, 3.63) is 34.9 Å². The first-order chi connectivity index (χ1) is 15.7. The van der Waals surface area contributed by atoms with Crippen LogP contribution in [0.15, 0.2) is 34.9 Å². The minimum absolute atomic E-state index is 0.0179. The van der Waals surface area contributed by atoms with Crippen molar-refractivity contribution in [3.63, 3.8) is 0 Å². The third-order valence-corrected chi connectivity index (χ3v) is 11.1. The summed E-state index contributed by atoms with van der Waals surface area (Å²) >= 11 is 0. The van der Waals surface area contributed by atoms with Crippen molar-refractivity contribution in [1.82, 2.24) is 0 Å². The number of rotatable bonds is 2. The van der Waals surface area contributed by atoms with E-state index in [4.69, 9.17) is 4.74 Å². The summed E-state index contributed by atoms with van der Waals surface area (Å²) in [6, 6.07) is 0. The molecule has 0 aromatic carbocycles. The third-order valence-electron chi connectivity index (χ3n) is 11.1. The first-order valence-corrected chi connectivity index (χ1v) is 12.7. The molecule has 3 N–H and O–H groups in total. The van der Waals surface area contributed by atoms with Crippen LogP contribution < -0.4 is 0 Å². The van der Waals surface area contributed by atoms with E-state index < -0.39 is 39.7 Å². The first kappa shape index (κ1) is 24.0. The van der Waals surface area contributed by atoms with E-state index in [-0.39, 0.29) is 24.0 Å². The molecule has 0 aromatic heterocycles. The molecular formula is C28H38O6. The van der Waals surface area contributed by atoms with Gasteiger partial charge in [-0.1, -0.05) is 30.2 Å². The lowest BCUT2D eigenvalue weighted by Crippen LogP contribution is -2.72. The number of allylic oxidation sites excluding steroid dienone is 4. The fraction of sp³-hybridized carbons (Fsp3) is 0.714. The maximum absolute atomic E-state index is 13.1. The summed E-state index contributed by atoms with van der Waals surface area (Å²) in [5, 5.41) is 36.5. The van der Waals surface area contributed by atoms with E-state index >= 15 is 0 Å². The lowest BCUT2D eigenvalue weighted by molar-refractivity contribution is -0.279. The molecule has 6 heteroatoms. The monoisotopic (exact) mass is 470 g/mol. The standard InChI is InChI=1S/C28H38O6/c1-16-15-22(34-23(30)17(16)2)26(5,31)28(33)14-13-27(32)20-10-9-18-7-6-8-21(29)25(18,4)19(20)11-12-24(27,28)3/h6,8-9,19-20,22,31-33H,7,10-15H2,1-5H3/t19?,20-,22+,24+,25+,26+,27-,28?/m1/s1. The second kappa shape index (κ2) is 7.14. The maximum atomic E-state index is 13.1. The molecule has 186 valence electrons. The van der Waals surface area contributed by atoms with Crippen LogP contribution in [0.5, 0.6) is 0 Å². The normalized spacial score (nSPS) is 47.9. The van der Waals surface area contributed by atoms with Gasteiger partial charge in [-0.3, -0.25) is 4.79 Å². The van der Waals surface area contributed by atoms with Gasteiger partial charge in [0.25, 0.3) is 0 Å². The maximum Gasteiger partial charge on any atom is 0.334 e. The molecule has 8 atom stereocenters. The van der Waals surface area contributed by atoms with Crippen molar-refractivity contribution in [2.45, 2.75) is 102 Å². The second-order valence-corrected chi connectivity index (χ2v) is 12.2. The molecule has 1 aliphatic heterocycles. The summed E-state index contributed by atoms with van der Waals surface area (Å²) in [6.45, 7) is 9.01. The van der Waals surface area contributed by atoms with Crippen molar-refractivity contribution in [3.8, 4) is 0 Å². The molecule has 5 aliphatic rings. The van der Waals surface area contributed by atoms with Crippen molar-refractivity contribution in [2.24, 2.45) is 22.7 Å². The minimum Gasteiger partial charge on any atom is -0.455 e. The summed E-state index contributed by atoms with van der Waals surface area (Å²) in [5.74, 6) is -0.589. The number of esters is 1. The molecule has 0 radical (unpaired) electrons. The van der Waals surface area contributed by atoms with Crippen LogP contribution in [0.2, 0.25) is 0 Å². The summed E-state index contributed by atoms with van der Waals surface area (Å²) < 4.78 is 5.63. The van der Waals surface area contributed by atoms with Gasteiger partial charge in [-0.05, 0) is 84.1 Å². The van der Waals surface area contributed by atoms with Crippen LogP contribution in [0, 0.1) is 22.7 Å². The molecule has 2 fully saturated rings. The number of cyclic esters (lactones) is 1. The molecular weight excluding hydrogens is 432 g/mol. The Labute approximate surface area is 201 Å². The van der Waals surface area contributed by atoms with E-state index in [1.54, 1.807) is 19.9 Å². The van der Waals surface area contributed by atoms with Gasteiger partial charge in [0.2, 0.25) is 0 Å². The predicted molar refractivity (Wildman–Crippen MR) is 127 cm³/mol. The quantitative estimate of drug-likeness (QED) is 0.421. The Morgan fingerprint density at radius 3 is 2.47 bits per heavy atom. The number of ether oxygens (including phenoxy) is 1. The first-order valence-electron chi connectivity index (χ1n) is 12.7. The Balaban J connectivity index is 1.53. The Bertz CT molecular complexity index is 1050. The number of aliphatic hydroxyl groups is 3. The Hall–Kier alpha value is -1.76. The van der Waals surface area contributed by atoms with E-state index in [1.807, 2.05) is 26.8 Å². The molecule has 0 aromatic rings. The molecule has 2 saturated carbocycles. The van der Waals surface area contributed by atoms with E-state index in [9.17, 15) is 24.9 Å². The molecule has 2 unspecified atom stereocenters. The van der Waals surface area contributed by atoms with Crippen LogP contribution in [-0.2, 0) is 14.3 Å². The fourth-order valence-corrected chi connectivity index (χ4v) is 8.41. The summed E-state index contributed by atoms with van der Waals surface area (Å²) in [7, 11) is 0. The van der Waals surface area contributed by atoms with Crippen LogP contribution in [0.3, 0.4) is 0 Å². The van der Waals surface area contributed by atoms with Crippen molar-refractivity contribution in [1.29, 1.82) is 0 Å². The van der Waals surface area contributed by atoms with E-state index in [0.717, 1.165) is 17.6 Å². The molecule has 0 amide bonds. The van der Waals surface area contributed by atoms with Gasteiger partial charge in [-0.25, -0.2) is 4.79 Å². The predicted octanol–water partition coefficient (Wildman–Crippen LogP) is 3.54. The van der Waals surface area contributed by atoms with Gasteiger partial charge in [0.15, 0.2) is 5.78 Å². The van der Waals surface area contributed by atoms with Gasteiger partial charge in [-0.15, -0.1) is 0 Å². The summed E-state index contributed by atoms with van der Waals surface area (Å²) in [6.07, 6.45) is 8.28. The number of carbonyl (C=O) groups is 2. The largest absolute Gasteiger partial charge is 0.455 e. The Morgan fingerprint density at radius 2 is 1.79 bits per heavy atom. The topological polar surface area (TPSA) is 104 Å². The molecule has 0 saturated heterocycles. The Morgan fingerprint density at radius 1 is 1.09 bits per heavy atom. The van der Waals surface area contributed by atoms with Gasteiger partial charge in [-0.2, -0.15) is 0 Å². The van der Waals surface area contributed by atoms with Gasteiger partial charge >= 0.3 is 5.97 Å². The highest BCUT2D eigenvalue weighted by Gasteiger charge is 2.76. The molecule has 34 heavy (non-hydrogen) atoms. The van der Waals surface area contributed by atoms with Gasteiger partial charge < -0.3 is 20.1 Å². The minimum atomic E-state index is -1.75. The van der Waals surface area contributed by atoms with Gasteiger partial charge in [0.1, 0.15) is 17.3 Å². The second-order valence-electron chi connectivity index (χ2n) is 12.2. The van der Waals surface area contributed by atoms with Crippen molar-refractivity contribution >= 4 is 11.8 Å². The van der Waals surface area contributed by atoms with Crippen molar-refractivity contribution < 1.29 is 29.6 Å². The van der Waals surface area contributed by atoms with Crippen molar-refractivity contribution in [2.75, 3.05) is 0 Å². The molecule has 5 rings (SSSR count). The van der Waals surface area contributed by atoms with Gasteiger partial charge in [0, 0.05) is 17.4 Å². The zero-order chi connectivity index (χ0) is 24.9. The van der Waals surface area contributed by atoms with E-state index in [2.05, 4.69) is 6.08 Å². The molecule has 0 spiro atoms. The zero-order valence-electron chi connectivity index (χ0n) is 21.0.